The molecule has 0 fully saturated rings. The van der Waals surface area contributed by atoms with Crippen LogP contribution in [0.15, 0.2) is 60.7 Å². The maximum absolute atomic E-state index is 11.9. The summed E-state index contributed by atoms with van der Waals surface area (Å²) < 4.78 is 0. The Morgan fingerprint density at radius 3 is 2.29 bits per heavy atom. The number of nitrogens with one attached hydrogen (secondary N) is 2. The molecule has 0 saturated heterocycles. The minimum absolute atomic E-state index is 0.0272. The van der Waals surface area contributed by atoms with Crippen LogP contribution in [0.25, 0.3) is 0 Å². The van der Waals surface area contributed by atoms with Crippen molar-refractivity contribution in [3.63, 3.8) is 0 Å². The van der Waals surface area contributed by atoms with E-state index in [4.69, 9.17) is 0 Å². The third-order valence-electron chi connectivity index (χ3n) is 3.40. The Labute approximate surface area is 126 Å². The largest absolute Gasteiger partial charge is 0.348 e. The second-order valence-corrected chi connectivity index (χ2v) is 5.11. The summed E-state index contributed by atoms with van der Waals surface area (Å²) in [6.45, 7) is 3.15. The Morgan fingerprint density at radius 1 is 1.00 bits per heavy atom. The molecule has 0 bridgehead atoms. The van der Waals surface area contributed by atoms with Gasteiger partial charge >= 0.3 is 0 Å². The Balaban J connectivity index is 1.66. The van der Waals surface area contributed by atoms with Crippen molar-refractivity contribution in [1.82, 2.24) is 10.6 Å². The smallest absolute Gasteiger partial charge is 0.234 e. The molecule has 2 aromatic rings. The van der Waals surface area contributed by atoms with E-state index in [-0.39, 0.29) is 11.9 Å². The van der Waals surface area contributed by atoms with Crippen LogP contribution in [0, 0.1) is 0 Å². The normalized spacial score (nSPS) is 11.9. The highest BCUT2D eigenvalue weighted by molar-refractivity contribution is 5.78. The molecule has 1 atom stereocenters. The van der Waals surface area contributed by atoms with Crippen molar-refractivity contribution in [2.75, 3.05) is 13.1 Å². The summed E-state index contributed by atoms with van der Waals surface area (Å²) >= 11 is 0. The van der Waals surface area contributed by atoms with Crippen LogP contribution in [0.1, 0.15) is 24.1 Å². The number of carbonyl (C=O) groups excluding carboxylic acids is 1. The number of carbonyl (C=O) groups is 1. The van der Waals surface area contributed by atoms with Crippen LogP contribution >= 0.6 is 0 Å². The van der Waals surface area contributed by atoms with Crippen molar-refractivity contribution in [2.24, 2.45) is 0 Å². The Bertz CT molecular complexity index is 540. The number of benzene rings is 2. The SMILES string of the molecule is CC(NC(=O)CNCCc1ccccc1)c1ccccc1. The summed E-state index contributed by atoms with van der Waals surface area (Å²) in [6, 6.07) is 20.3. The molecule has 2 N–H and O–H groups in total. The second kappa shape index (κ2) is 8.22. The van der Waals surface area contributed by atoms with Gasteiger partial charge in [-0.2, -0.15) is 0 Å². The Hall–Kier alpha value is -2.13. The standard InChI is InChI=1S/C18H22N2O/c1-15(17-10-6-3-7-11-17)20-18(21)14-19-13-12-16-8-4-2-5-9-16/h2-11,15,19H,12-14H2,1H3,(H,20,21). The van der Waals surface area contributed by atoms with Gasteiger partial charge in [0.05, 0.1) is 12.6 Å². The molecule has 0 aliphatic heterocycles. The molecule has 0 heterocycles. The summed E-state index contributed by atoms with van der Waals surface area (Å²) in [7, 11) is 0. The van der Waals surface area contributed by atoms with Crippen molar-refractivity contribution in [3.8, 4) is 0 Å². The van der Waals surface area contributed by atoms with Gasteiger partial charge in [0.2, 0.25) is 5.91 Å². The first-order valence-electron chi connectivity index (χ1n) is 7.34. The van der Waals surface area contributed by atoms with Crippen LogP contribution in [-0.2, 0) is 11.2 Å². The molecule has 0 aromatic heterocycles. The van der Waals surface area contributed by atoms with Crippen LogP contribution in [0.3, 0.4) is 0 Å². The highest BCUT2D eigenvalue weighted by atomic mass is 16.1. The maximum atomic E-state index is 11.9. The number of rotatable bonds is 7. The van der Waals surface area contributed by atoms with Gasteiger partial charge in [-0.05, 0) is 31.0 Å². The molecule has 1 unspecified atom stereocenters. The molecular formula is C18H22N2O. The van der Waals surface area contributed by atoms with Crippen LogP contribution in [0.4, 0.5) is 0 Å². The van der Waals surface area contributed by atoms with Crippen molar-refractivity contribution < 1.29 is 4.79 Å². The first kappa shape index (κ1) is 15.3. The lowest BCUT2D eigenvalue weighted by molar-refractivity contribution is -0.120. The summed E-state index contributed by atoms with van der Waals surface area (Å²) in [4.78, 5) is 11.9. The lowest BCUT2D eigenvalue weighted by Crippen LogP contribution is -2.36. The van der Waals surface area contributed by atoms with Crippen LogP contribution in [0.5, 0.6) is 0 Å². The van der Waals surface area contributed by atoms with Gasteiger partial charge in [-0.1, -0.05) is 60.7 Å². The molecular weight excluding hydrogens is 260 g/mol. The summed E-state index contributed by atoms with van der Waals surface area (Å²) in [6.07, 6.45) is 0.933. The van der Waals surface area contributed by atoms with Gasteiger partial charge in [0, 0.05) is 0 Å². The van der Waals surface area contributed by atoms with E-state index in [1.165, 1.54) is 5.56 Å². The lowest BCUT2D eigenvalue weighted by Gasteiger charge is -2.14. The molecule has 3 heteroatoms. The third-order valence-corrected chi connectivity index (χ3v) is 3.40. The van der Waals surface area contributed by atoms with Crippen LogP contribution in [0.2, 0.25) is 0 Å². The zero-order chi connectivity index (χ0) is 14.9. The third kappa shape index (κ3) is 5.40. The van der Waals surface area contributed by atoms with E-state index in [1.54, 1.807) is 0 Å². The molecule has 0 aliphatic rings. The summed E-state index contributed by atoms with van der Waals surface area (Å²) in [5.74, 6) is 0.0272. The minimum atomic E-state index is 0.0272. The molecule has 110 valence electrons. The molecule has 1 amide bonds. The van der Waals surface area contributed by atoms with Crippen molar-refractivity contribution >= 4 is 5.91 Å². The molecule has 21 heavy (non-hydrogen) atoms. The number of amides is 1. The fraction of sp³-hybridized carbons (Fsp3) is 0.278. The van der Waals surface area contributed by atoms with Crippen molar-refractivity contribution in [1.29, 1.82) is 0 Å². The molecule has 0 saturated carbocycles. The van der Waals surface area contributed by atoms with Gasteiger partial charge in [-0.15, -0.1) is 0 Å². The predicted octanol–water partition coefficient (Wildman–Crippen LogP) is 2.70. The number of hydrogen-bond donors (Lipinski definition) is 2. The maximum Gasteiger partial charge on any atom is 0.234 e. The molecule has 3 nitrogen and oxygen atoms in total. The van der Waals surface area contributed by atoms with E-state index < -0.39 is 0 Å². The van der Waals surface area contributed by atoms with E-state index in [0.717, 1.165) is 18.5 Å². The van der Waals surface area contributed by atoms with E-state index in [2.05, 4.69) is 22.8 Å². The van der Waals surface area contributed by atoms with Gasteiger partial charge in [0.1, 0.15) is 0 Å². The molecule has 0 spiro atoms. The zero-order valence-electron chi connectivity index (χ0n) is 12.4. The zero-order valence-corrected chi connectivity index (χ0v) is 12.4. The van der Waals surface area contributed by atoms with E-state index in [0.29, 0.717) is 6.54 Å². The first-order chi connectivity index (χ1) is 10.3. The van der Waals surface area contributed by atoms with Gasteiger partial charge in [-0.25, -0.2) is 0 Å². The highest BCUT2D eigenvalue weighted by Gasteiger charge is 2.08. The second-order valence-electron chi connectivity index (χ2n) is 5.11. The van der Waals surface area contributed by atoms with Crippen LogP contribution in [-0.4, -0.2) is 19.0 Å². The fourth-order valence-electron chi connectivity index (χ4n) is 2.20. The molecule has 2 aromatic carbocycles. The van der Waals surface area contributed by atoms with E-state index in [9.17, 15) is 4.79 Å². The molecule has 0 aliphatic carbocycles. The molecule has 0 radical (unpaired) electrons. The average Bonchev–Trinajstić information content (AvgIpc) is 2.53. The van der Waals surface area contributed by atoms with Gasteiger partial charge < -0.3 is 10.6 Å². The van der Waals surface area contributed by atoms with Gasteiger partial charge in [-0.3, -0.25) is 4.79 Å². The molecule has 2 rings (SSSR count). The van der Waals surface area contributed by atoms with Gasteiger partial charge in [0.25, 0.3) is 0 Å². The summed E-state index contributed by atoms with van der Waals surface area (Å²) in [5.41, 5.74) is 2.40. The predicted molar refractivity (Wildman–Crippen MR) is 86.0 cm³/mol. The number of hydrogen-bond acceptors (Lipinski definition) is 2. The van der Waals surface area contributed by atoms with E-state index >= 15 is 0 Å². The fourth-order valence-corrected chi connectivity index (χ4v) is 2.20. The lowest BCUT2D eigenvalue weighted by atomic mass is 10.1. The first-order valence-corrected chi connectivity index (χ1v) is 7.34. The topological polar surface area (TPSA) is 41.1 Å². The van der Waals surface area contributed by atoms with Crippen LogP contribution < -0.4 is 10.6 Å². The Morgan fingerprint density at radius 2 is 1.62 bits per heavy atom. The van der Waals surface area contributed by atoms with Gasteiger partial charge in [0.15, 0.2) is 0 Å². The van der Waals surface area contributed by atoms with E-state index in [1.807, 2.05) is 55.5 Å². The minimum Gasteiger partial charge on any atom is -0.348 e. The average molecular weight is 282 g/mol. The monoisotopic (exact) mass is 282 g/mol. The van der Waals surface area contributed by atoms with Crippen molar-refractivity contribution in [2.45, 2.75) is 19.4 Å². The quantitative estimate of drug-likeness (QED) is 0.767. The van der Waals surface area contributed by atoms with Crippen molar-refractivity contribution in [3.05, 3.63) is 71.8 Å². The summed E-state index contributed by atoms with van der Waals surface area (Å²) in [5, 5.41) is 6.17. The Kier molecular flexibility index (Phi) is 5.98. The highest BCUT2D eigenvalue weighted by Crippen LogP contribution is 2.10.